The van der Waals surface area contributed by atoms with Gasteiger partial charge in [-0.1, -0.05) is 42.5 Å². The first-order valence-corrected chi connectivity index (χ1v) is 10.7. The molecule has 1 saturated heterocycles. The molecule has 0 bridgehead atoms. The van der Waals surface area contributed by atoms with Crippen LogP contribution >= 0.6 is 0 Å². The molecule has 3 N–H and O–H groups in total. The maximum Gasteiger partial charge on any atom is 0.341 e. The van der Waals surface area contributed by atoms with Crippen molar-refractivity contribution in [2.45, 2.75) is 43.1 Å². The van der Waals surface area contributed by atoms with Gasteiger partial charge in [0.2, 0.25) is 0 Å². The summed E-state index contributed by atoms with van der Waals surface area (Å²) < 4.78 is 5.47. The topological polar surface area (TPSA) is 85.3 Å². The van der Waals surface area contributed by atoms with Crippen molar-refractivity contribution in [2.24, 2.45) is 0 Å². The van der Waals surface area contributed by atoms with E-state index in [0.717, 1.165) is 25.7 Å². The van der Waals surface area contributed by atoms with Gasteiger partial charge in [-0.2, -0.15) is 0 Å². The first-order chi connectivity index (χ1) is 14.9. The maximum atomic E-state index is 10.9. The van der Waals surface area contributed by atoms with Crippen molar-refractivity contribution >= 4 is 11.7 Å². The summed E-state index contributed by atoms with van der Waals surface area (Å²) in [6.45, 7) is 0.224. The number of carboxylic acids is 1. The van der Waals surface area contributed by atoms with Crippen molar-refractivity contribution < 1.29 is 19.7 Å². The molecular weight excluding hydrogens is 394 g/mol. The Morgan fingerprint density at radius 3 is 2.39 bits per heavy atom. The van der Waals surface area contributed by atoms with E-state index in [4.69, 9.17) is 9.84 Å². The minimum Gasteiger partial charge on any atom is -0.480 e. The third-order valence-corrected chi connectivity index (χ3v) is 6.93. The minimum atomic E-state index is -1.03. The van der Waals surface area contributed by atoms with Gasteiger partial charge in [-0.3, -0.25) is 10.2 Å². The molecule has 7 heteroatoms. The number of anilines is 1. The molecule has 2 fully saturated rings. The van der Waals surface area contributed by atoms with E-state index in [1.54, 1.807) is 12.1 Å². The molecule has 1 atom stereocenters. The Morgan fingerprint density at radius 2 is 1.74 bits per heavy atom. The lowest BCUT2D eigenvalue weighted by Crippen LogP contribution is -2.54. The maximum absolute atomic E-state index is 10.9. The minimum absolute atomic E-state index is 0.0188. The van der Waals surface area contributed by atoms with Gasteiger partial charge in [0.05, 0.1) is 5.69 Å². The summed E-state index contributed by atoms with van der Waals surface area (Å²) >= 11 is 0. The zero-order valence-corrected chi connectivity index (χ0v) is 18.1. The van der Waals surface area contributed by atoms with Crippen molar-refractivity contribution in [1.29, 1.82) is 0 Å². The third-order valence-electron chi connectivity index (χ3n) is 6.93. The number of nitrogens with one attached hydrogen (secondary N) is 1. The molecule has 0 aromatic heterocycles. The molecular formula is C24H31N3O4. The van der Waals surface area contributed by atoms with E-state index < -0.39 is 18.9 Å². The van der Waals surface area contributed by atoms with Crippen LogP contribution in [0.4, 0.5) is 5.69 Å². The number of carboxylic acid groups (broad SMARTS) is 1. The van der Waals surface area contributed by atoms with E-state index in [9.17, 15) is 9.90 Å². The van der Waals surface area contributed by atoms with Crippen molar-refractivity contribution in [2.75, 3.05) is 32.1 Å². The molecule has 4 rings (SSSR count). The number of aliphatic hydroxyl groups is 1. The first kappa shape index (κ1) is 21.6. The summed E-state index contributed by atoms with van der Waals surface area (Å²) in [4.78, 5) is 15.1. The van der Waals surface area contributed by atoms with Gasteiger partial charge >= 0.3 is 5.97 Å². The fourth-order valence-electron chi connectivity index (χ4n) is 5.17. The van der Waals surface area contributed by atoms with Crippen molar-refractivity contribution in [1.82, 2.24) is 10.2 Å². The zero-order valence-electron chi connectivity index (χ0n) is 18.1. The van der Waals surface area contributed by atoms with E-state index in [1.807, 2.05) is 23.1 Å². The number of aliphatic hydroxyl groups excluding tert-OH is 1. The zero-order chi connectivity index (χ0) is 22.1. The molecule has 2 aromatic carbocycles. The number of para-hydroxylation sites is 2. The summed E-state index contributed by atoms with van der Waals surface area (Å²) in [5, 5.41) is 23.2. The average Bonchev–Trinajstić information content (AvgIpc) is 3.09. The van der Waals surface area contributed by atoms with Crippen molar-refractivity contribution in [3.63, 3.8) is 0 Å². The molecule has 1 heterocycles. The second-order valence-corrected chi connectivity index (χ2v) is 8.87. The van der Waals surface area contributed by atoms with Crippen LogP contribution < -0.4 is 15.0 Å². The molecule has 0 radical (unpaired) electrons. The highest BCUT2D eigenvalue weighted by molar-refractivity contribution is 5.69. The van der Waals surface area contributed by atoms with Crippen molar-refractivity contribution in [3.8, 4) is 5.75 Å². The molecule has 2 aromatic rings. The van der Waals surface area contributed by atoms with Gasteiger partial charge < -0.3 is 19.8 Å². The predicted octanol–water partition coefficient (Wildman–Crippen LogP) is 2.61. The van der Waals surface area contributed by atoms with Gasteiger partial charge in [-0.05, 0) is 57.5 Å². The Labute approximate surface area is 183 Å². The van der Waals surface area contributed by atoms with Crippen LogP contribution in [0.15, 0.2) is 54.6 Å². The predicted molar refractivity (Wildman–Crippen MR) is 119 cm³/mol. The third kappa shape index (κ3) is 4.13. The van der Waals surface area contributed by atoms with Gasteiger partial charge in [-0.15, -0.1) is 0 Å². The van der Waals surface area contributed by atoms with Gasteiger partial charge in [0.1, 0.15) is 5.75 Å². The summed E-state index contributed by atoms with van der Waals surface area (Å²) in [7, 11) is 4.29. The second kappa shape index (κ2) is 8.49. The first-order valence-electron chi connectivity index (χ1n) is 10.7. The van der Waals surface area contributed by atoms with E-state index >= 15 is 0 Å². The van der Waals surface area contributed by atoms with Gasteiger partial charge in [0.25, 0.3) is 0 Å². The molecule has 1 unspecified atom stereocenters. The van der Waals surface area contributed by atoms with Crippen LogP contribution in [0.5, 0.6) is 5.75 Å². The Bertz CT molecular complexity index is 910. The smallest absolute Gasteiger partial charge is 0.341 e. The molecule has 7 nitrogen and oxygen atoms in total. The van der Waals surface area contributed by atoms with Gasteiger partial charge in [0, 0.05) is 17.6 Å². The fraction of sp³-hybridized carbons (Fsp3) is 0.458. The SMILES string of the molecule is CN(C)[C@]1(c2ccccc2)CC[C@]2(CC1)CN(c1ccccc1OCC(=O)O)C(O)N2. The summed E-state index contributed by atoms with van der Waals surface area (Å²) in [5.41, 5.74) is 1.81. The quantitative estimate of drug-likeness (QED) is 0.656. The summed E-state index contributed by atoms with van der Waals surface area (Å²) in [5.74, 6) is -0.565. The number of aliphatic carboxylic acids is 1. The highest BCUT2D eigenvalue weighted by Gasteiger charge is 2.50. The highest BCUT2D eigenvalue weighted by Crippen LogP contribution is 2.47. The molecule has 31 heavy (non-hydrogen) atoms. The van der Waals surface area contributed by atoms with Crippen LogP contribution in [-0.2, 0) is 10.3 Å². The Hall–Kier alpha value is -2.61. The van der Waals surface area contributed by atoms with E-state index in [1.165, 1.54) is 5.56 Å². The molecule has 1 spiro atoms. The number of ether oxygens (including phenoxy) is 1. The number of rotatable bonds is 6. The number of nitrogens with zero attached hydrogens (tertiary/aromatic N) is 2. The van der Waals surface area contributed by atoms with Crippen LogP contribution in [0.25, 0.3) is 0 Å². The Kier molecular flexibility index (Phi) is 5.92. The summed E-state index contributed by atoms with van der Waals surface area (Å²) in [6, 6.07) is 17.9. The van der Waals surface area contributed by atoms with Crippen LogP contribution in [0.1, 0.15) is 31.2 Å². The molecule has 2 aliphatic rings. The lowest BCUT2D eigenvalue weighted by Gasteiger charge is -2.49. The van der Waals surface area contributed by atoms with Crippen LogP contribution in [0, 0.1) is 0 Å². The standard InChI is InChI=1S/C24H31N3O4/c1-26(2)24(18-8-4-3-5-9-18)14-12-23(13-15-24)17-27(22(30)25-23)19-10-6-7-11-20(19)31-16-21(28)29/h3-11,22,25,30H,12-17H2,1-2H3,(H,28,29)/t22?,23-,24+. The average molecular weight is 426 g/mol. The normalized spacial score (nSPS) is 28.3. The van der Waals surface area contributed by atoms with Gasteiger partial charge in [0.15, 0.2) is 13.0 Å². The number of hydrogen-bond acceptors (Lipinski definition) is 6. The van der Waals surface area contributed by atoms with Crippen molar-refractivity contribution in [3.05, 3.63) is 60.2 Å². The molecule has 1 aliphatic carbocycles. The van der Waals surface area contributed by atoms with Crippen LogP contribution in [0.2, 0.25) is 0 Å². The van der Waals surface area contributed by atoms with E-state index in [0.29, 0.717) is 18.0 Å². The van der Waals surface area contributed by atoms with E-state index in [2.05, 4.69) is 48.6 Å². The fourth-order valence-corrected chi connectivity index (χ4v) is 5.17. The largest absolute Gasteiger partial charge is 0.480 e. The summed E-state index contributed by atoms with van der Waals surface area (Å²) in [6.07, 6.45) is 2.96. The molecule has 166 valence electrons. The number of hydrogen-bond donors (Lipinski definition) is 3. The van der Waals surface area contributed by atoms with E-state index in [-0.39, 0.29) is 11.1 Å². The van der Waals surface area contributed by atoms with Crippen LogP contribution in [-0.4, -0.2) is 60.2 Å². The Morgan fingerprint density at radius 1 is 1.10 bits per heavy atom. The molecule has 1 saturated carbocycles. The molecule has 1 aliphatic heterocycles. The van der Waals surface area contributed by atoms with Crippen LogP contribution in [0.3, 0.4) is 0 Å². The van der Waals surface area contributed by atoms with Gasteiger partial charge in [-0.25, -0.2) is 4.79 Å². The lowest BCUT2D eigenvalue weighted by molar-refractivity contribution is -0.139. The molecule has 0 amide bonds. The Balaban J connectivity index is 1.53. The lowest BCUT2D eigenvalue weighted by atomic mass is 9.69. The monoisotopic (exact) mass is 425 g/mol. The highest BCUT2D eigenvalue weighted by atomic mass is 16.5. The second-order valence-electron chi connectivity index (χ2n) is 8.87. The number of carbonyl (C=O) groups is 1. The number of benzene rings is 2.